The summed E-state index contributed by atoms with van der Waals surface area (Å²) in [4.78, 5) is 22.5. The zero-order valence-corrected chi connectivity index (χ0v) is 16.1. The molecule has 0 radical (unpaired) electrons. The molecule has 26 heavy (non-hydrogen) atoms. The van der Waals surface area contributed by atoms with Crippen LogP contribution in [0, 0.1) is 0 Å². The van der Waals surface area contributed by atoms with Crippen molar-refractivity contribution in [3.63, 3.8) is 0 Å². The van der Waals surface area contributed by atoms with Crippen molar-refractivity contribution in [2.45, 2.75) is 13.5 Å². The maximum atomic E-state index is 12.0. The van der Waals surface area contributed by atoms with Crippen LogP contribution in [0.5, 0.6) is 0 Å². The van der Waals surface area contributed by atoms with Gasteiger partial charge in [0.2, 0.25) is 0 Å². The van der Waals surface area contributed by atoms with Gasteiger partial charge in [0.1, 0.15) is 0 Å². The molecule has 1 amide bonds. The number of rotatable bonds is 7. The Hall–Kier alpha value is -2.54. The van der Waals surface area contributed by atoms with Crippen molar-refractivity contribution in [1.82, 2.24) is 25.1 Å². The minimum atomic E-state index is -0.148. The molecule has 2 N–H and O–H groups in total. The van der Waals surface area contributed by atoms with E-state index in [0.29, 0.717) is 25.2 Å². The minimum absolute atomic E-state index is 0.148. The predicted octanol–water partition coefficient (Wildman–Crippen LogP) is 1.90. The molecule has 0 bridgehead atoms. The minimum Gasteiger partial charge on any atom is -0.357 e. The number of aromatic nitrogens is 2. The van der Waals surface area contributed by atoms with Crippen molar-refractivity contribution in [1.29, 1.82) is 0 Å². The molecule has 0 saturated heterocycles. The van der Waals surface area contributed by atoms with Gasteiger partial charge in [0.25, 0.3) is 5.91 Å². The van der Waals surface area contributed by atoms with Gasteiger partial charge < -0.3 is 20.1 Å². The molecule has 2 aromatic rings. The highest BCUT2D eigenvalue weighted by Crippen LogP contribution is 2.14. The van der Waals surface area contributed by atoms with Gasteiger partial charge in [-0.3, -0.25) is 14.8 Å². The van der Waals surface area contributed by atoms with Gasteiger partial charge in [-0.15, -0.1) is 0 Å². The molecule has 0 aliphatic rings. The summed E-state index contributed by atoms with van der Waals surface area (Å²) in [6, 6.07) is 5.41. The highest BCUT2D eigenvalue weighted by atomic mass is 35.5. The van der Waals surface area contributed by atoms with Crippen LogP contribution in [-0.4, -0.2) is 53.0 Å². The Labute approximate surface area is 159 Å². The topological polar surface area (TPSA) is 74.5 Å². The molecule has 2 heterocycles. The normalized spacial score (nSPS) is 11.3. The van der Waals surface area contributed by atoms with Crippen LogP contribution < -0.4 is 10.6 Å². The van der Waals surface area contributed by atoms with Gasteiger partial charge >= 0.3 is 0 Å². The lowest BCUT2D eigenvalue weighted by molar-refractivity contribution is 0.0954. The van der Waals surface area contributed by atoms with E-state index in [2.05, 4.69) is 20.6 Å². The second-order valence-corrected chi connectivity index (χ2v) is 6.29. The predicted molar refractivity (Wildman–Crippen MR) is 104 cm³/mol. The molecule has 140 valence electrons. The summed E-state index contributed by atoms with van der Waals surface area (Å²) in [6.07, 6.45) is 5.06. The zero-order chi connectivity index (χ0) is 18.9. The lowest BCUT2D eigenvalue weighted by Crippen LogP contribution is -2.39. The molecule has 0 aliphatic heterocycles. The second-order valence-electron chi connectivity index (χ2n) is 5.85. The molecule has 0 aromatic carbocycles. The van der Waals surface area contributed by atoms with E-state index in [-0.39, 0.29) is 5.91 Å². The summed E-state index contributed by atoms with van der Waals surface area (Å²) in [5, 5.41) is 6.82. The number of hydrogen-bond acceptors (Lipinski definition) is 3. The third-order valence-electron chi connectivity index (χ3n) is 3.75. The van der Waals surface area contributed by atoms with Crippen LogP contribution in [0.1, 0.15) is 23.0 Å². The maximum absolute atomic E-state index is 12.0. The first-order chi connectivity index (χ1) is 12.5. The number of guanidine groups is 1. The van der Waals surface area contributed by atoms with Crippen molar-refractivity contribution < 1.29 is 4.79 Å². The molecule has 0 fully saturated rings. The van der Waals surface area contributed by atoms with Crippen LogP contribution >= 0.6 is 11.6 Å². The van der Waals surface area contributed by atoms with E-state index in [0.717, 1.165) is 23.2 Å². The number of nitrogens with zero attached hydrogens (tertiary/aromatic N) is 4. The monoisotopic (exact) mass is 376 g/mol. The third-order valence-corrected chi connectivity index (χ3v) is 3.96. The number of hydrogen-bond donors (Lipinski definition) is 2. The molecule has 8 heteroatoms. The van der Waals surface area contributed by atoms with Gasteiger partial charge in [0.05, 0.1) is 23.7 Å². The van der Waals surface area contributed by atoms with Crippen molar-refractivity contribution >= 4 is 23.5 Å². The molecule has 7 nitrogen and oxygen atoms in total. The number of halogens is 1. The summed E-state index contributed by atoms with van der Waals surface area (Å²) < 4.78 is 2.00. The Morgan fingerprint density at radius 1 is 1.42 bits per heavy atom. The Bertz CT molecular complexity index is 743. The molecular formula is C18H25ClN6O. The Morgan fingerprint density at radius 3 is 2.85 bits per heavy atom. The van der Waals surface area contributed by atoms with Crippen molar-refractivity contribution in [3.05, 3.63) is 53.1 Å². The van der Waals surface area contributed by atoms with Crippen LogP contribution in [0.3, 0.4) is 0 Å². The van der Waals surface area contributed by atoms with Gasteiger partial charge in [-0.1, -0.05) is 11.6 Å². The Morgan fingerprint density at radius 2 is 2.23 bits per heavy atom. The molecule has 0 spiro atoms. The third kappa shape index (κ3) is 5.77. The fraction of sp³-hybridized carbons (Fsp3) is 0.389. The first-order valence-corrected chi connectivity index (χ1v) is 8.87. The lowest BCUT2D eigenvalue weighted by atomic mass is 10.3. The van der Waals surface area contributed by atoms with Gasteiger partial charge in [-0.2, -0.15) is 0 Å². The molecule has 0 aliphatic carbocycles. The van der Waals surface area contributed by atoms with Crippen LogP contribution in [0.15, 0.2) is 41.8 Å². The largest absolute Gasteiger partial charge is 0.357 e. The lowest BCUT2D eigenvalue weighted by Gasteiger charge is -2.22. The average molecular weight is 377 g/mol. The number of aliphatic imine (C=N–C) groups is 1. The van der Waals surface area contributed by atoms with Crippen molar-refractivity contribution in [3.8, 4) is 0 Å². The summed E-state index contributed by atoms with van der Waals surface area (Å²) in [5.74, 6) is 0.630. The number of carbonyl (C=O) groups is 1. The fourth-order valence-corrected chi connectivity index (χ4v) is 2.71. The quantitative estimate of drug-likeness (QED) is 0.439. The smallest absolute Gasteiger partial charge is 0.252 e. The Kier molecular flexibility index (Phi) is 7.47. The summed E-state index contributed by atoms with van der Waals surface area (Å²) >= 11 is 6.04. The summed E-state index contributed by atoms with van der Waals surface area (Å²) in [5.41, 5.74) is 1.63. The van der Waals surface area contributed by atoms with Crippen molar-refractivity contribution in [2.75, 3.05) is 26.7 Å². The number of carbonyl (C=O) groups excluding carboxylic acids is 1. The van der Waals surface area contributed by atoms with Crippen molar-refractivity contribution in [2.24, 2.45) is 12.0 Å². The van der Waals surface area contributed by atoms with E-state index >= 15 is 0 Å². The average Bonchev–Trinajstić information content (AvgIpc) is 2.95. The van der Waals surface area contributed by atoms with Gasteiger partial charge in [0.15, 0.2) is 5.96 Å². The second kappa shape index (κ2) is 9.82. The van der Waals surface area contributed by atoms with Crippen LogP contribution in [0.25, 0.3) is 0 Å². The first-order valence-electron chi connectivity index (χ1n) is 8.49. The highest BCUT2D eigenvalue weighted by molar-refractivity contribution is 6.30. The molecular weight excluding hydrogens is 352 g/mol. The summed E-state index contributed by atoms with van der Waals surface area (Å²) in [7, 11) is 3.93. The zero-order valence-electron chi connectivity index (χ0n) is 15.4. The van der Waals surface area contributed by atoms with E-state index in [1.165, 1.54) is 0 Å². The van der Waals surface area contributed by atoms with Crippen LogP contribution in [0.2, 0.25) is 5.02 Å². The van der Waals surface area contributed by atoms with E-state index in [9.17, 15) is 4.79 Å². The van der Waals surface area contributed by atoms with E-state index in [1.807, 2.05) is 42.7 Å². The van der Waals surface area contributed by atoms with Crippen LogP contribution in [-0.2, 0) is 13.6 Å². The molecule has 0 atom stereocenters. The number of pyridine rings is 1. The van der Waals surface area contributed by atoms with Gasteiger partial charge in [-0.05, 0) is 25.1 Å². The molecule has 2 aromatic heterocycles. The number of aryl methyl sites for hydroxylation is 1. The van der Waals surface area contributed by atoms with E-state index < -0.39 is 0 Å². The van der Waals surface area contributed by atoms with E-state index in [4.69, 9.17) is 11.6 Å². The summed E-state index contributed by atoms with van der Waals surface area (Å²) in [6.45, 7) is 4.39. The maximum Gasteiger partial charge on any atom is 0.252 e. The fourth-order valence-electron chi connectivity index (χ4n) is 2.44. The molecule has 0 saturated carbocycles. The SMILES string of the molecule is CCNC(=NCCNC(=O)c1cccnc1)N(C)Cc1cc(Cl)cn1C. The Balaban J connectivity index is 1.89. The first kappa shape index (κ1) is 19.8. The van der Waals surface area contributed by atoms with Crippen LogP contribution in [0.4, 0.5) is 0 Å². The van der Waals surface area contributed by atoms with Gasteiger partial charge in [-0.25, -0.2) is 0 Å². The number of nitrogens with one attached hydrogen (secondary N) is 2. The number of amides is 1. The molecule has 0 unspecified atom stereocenters. The molecule has 2 rings (SSSR count). The van der Waals surface area contributed by atoms with Gasteiger partial charge in [0, 0.05) is 51.5 Å². The highest BCUT2D eigenvalue weighted by Gasteiger charge is 2.10. The van der Waals surface area contributed by atoms with E-state index in [1.54, 1.807) is 24.5 Å². The standard InChI is InChI=1S/C18H25ClN6O/c1-4-21-18(25(3)13-16-10-15(19)12-24(16)2)23-9-8-22-17(26)14-6-5-7-20-11-14/h5-7,10-12H,4,8-9,13H2,1-3H3,(H,21,23)(H,22,26).